The number of rotatable bonds is 16. The molecule has 0 rings (SSSR count). The average molecular weight is 530 g/mol. The molecule has 0 saturated carbocycles. The number of phosphoric ester groups is 1. The van der Waals surface area contributed by atoms with Gasteiger partial charge in [0.25, 0.3) is 0 Å². The van der Waals surface area contributed by atoms with E-state index in [9.17, 15) is 18.6 Å². The lowest BCUT2D eigenvalue weighted by Gasteiger charge is -2.15. The maximum absolute atomic E-state index is 11.6. The minimum absolute atomic E-state index is 0.408. The van der Waals surface area contributed by atoms with Crippen LogP contribution in [-0.4, -0.2) is 26.2 Å². The van der Waals surface area contributed by atoms with Crippen molar-refractivity contribution in [1.82, 2.24) is 0 Å². The highest BCUT2D eigenvalue weighted by Gasteiger charge is 2.40. The van der Waals surface area contributed by atoms with Gasteiger partial charge in [0.15, 0.2) is 0 Å². The van der Waals surface area contributed by atoms with Gasteiger partial charge in [-0.1, -0.05) is 46.6 Å². The fourth-order valence-corrected chi connectivity index (χ4v) is 5.52. The van der Waals surface area contributed by atoms with Crippen LogP contribution in [0.2, 0.25) is 0 Å². The van der Waals surface area contributed by atoms with Gasteiger partial charge in [0.05, 0.1) is 6.61 Å². The van der Waals surface area contributed by atoms with Gasteiger partial charge < -0.3 is 19.6 Å². The van der Waals surface area contributed by atoms with E-state index in [2.05, 4.69) is 59.1 Å². The van der Waals surface area contributed by atoms with Crippen molar-refractivity contribution in [3.8, 4) is 0 Å². The van der Waals surface area contributed by atoms with Crippen LogP contribution in [-0.2, 0) is 26.8 Å². The van der Waals surface area contributed by atoms with Crippen molar-refractivity contribution in [1.29, 1.82) is 0 Å². The van der Waals surface area contributed by atoms with Crippen LogP contribution in [0.3, 0.4) is 0 Å². The first kappa shape index (κ1) is 32.4. The molecule has 0 aliphatic rings. The third kappa shape index (κ3) is 20.5. The Morgan fingerprint density at radius 3 is 1.48 bits per heavy atom. The van der Waals surface area contributed by atoms with Crippen molar-refractivity contribution < 1.29 is 46.4 Å². The van der Waals surface area contributed by atoms with Gasteiger partial charge in [0.1, 0.15) is 0 Å². The summed E-state index contributed by atoms with van der Waals surface area (Å²) in [5.41, 5.74) is 4.84. The summed E-state index contributed by atoms with van der Waals surface area (Å²) in [6.45, 7) is 9.80. The molecule has 0 aromatic carbocycles. The minimum atomic E-state index is -5.49. The summed E-state index contributed by atoms with van der Waals surface area (Å²) in [6, 6.07) is 0. The maximum atomic E-state index is 11.6. The zero-order valence-electron chi connectivity index (χ0n) is 19.8. The summed E-state index contributed by atoms with van der Waals surface area (Å²) in [6.07, 6.45) is 13.7. The van der Waals surface area contributed by atoms with E-state index in [0.717, 1.165) is 37.7 Å². The molecule has 0 bridgehead atoms. The molecule has 0 aliphatic heterocycles. The van der Waals surface area contributed by atoms with E-state index in [1.165, 1.54) is 22.8 Å². The second-order valence-electron chi connectivity index (χ2n) is 7.94. The van der Waals surface area contributed by atoms with Crippen molar-refractivity contribution >= 4 is 23.5 Å². The SMILES string of the molecule is CC(C)=CCCC(C)=CCCC(C)=CCCC(C)=CCOP(=O)(O)OP(=O)(O)OP(=O)(O)O. The molecule has 0 fully saturated rings. The van der Waals surface area contributed by atoms with Crippen LogP contribution >= 0.6 is 23.5 Å². The molecule has 0 radical (unpaired) electrons. The van der Waals surface area contributed by atoms with E-state index in [1.54, 1.807) is 6.92 Å². The minimum Gasteiger partial charge on any atom is -0.302 e. The van der Waals surface area contributed by atoms with Crippen molar-refractivity contribution in [3.05, 3.63) is 46.6 Å². The molecule has 10 nitrogen and oxygen atoms in total. The number of allylic oxidation sites excluding steroid dienone is 7. The average Bonchev–Trinajstić information content (AvgIpc) is 2.57. The first-order valence-corrected chi connectivity index (χ1v) is 14.9. The van der Waals surface area contributed by atoms with Gasteiger partial charge in [-0.15, -0.1) is 0 Å². The second-order valence-corrected chi connectivity index (χ2v) is 12.4. The van der Waals surface area contributed by atoms with Crippen LogP contribution in [0.25, 0.3) is 0 Å². The monoisotopic (exact) mass is 530 g/mol. The quantitative estimate of drug-likeness (QED) is 0.128. The van der Waals surface area contributed by atoms with E-state index in [4.69, 9.17) is 14.7 Å². The van der Waals surface area contributed by atoms with Crippen LogP contribution in [0.15, 0.2) is 46.6 Å². The fraction of sp³-hybridized carbons (Fsp3) is 0.600. The summed E-state index contributed by atoms with van der Waals surface area (Å²) in [5, 5.41) is 0. The molecule has 2 unspecified atom stereocenters. The topological polar surface area (TPSA) is 160 Å². The van der Waals surface area contributed by atoms with E-state index < -0.39 is 30.1 Å². The Kier molecular flexibility index (Phi) is 15.1. The van der Waals surface area contributed by atoms with Crippen LogP contribution in [0.4, 0.5) is 0 Å². The molecule has 0 amide bonds. The molecule has 0 aliphatic carbocycles. The largest absolute Gasteiger partial charge is 0.490 e. The lowest BCUT2D eigenvalue weighted by Crippen LogP contribution is -1.97. The third-order valence-electron chi connectivity index (χ3n) is 4.24. The van der Waals surface area contributed by atoms with Gasteiger partial charge in [0, 0.05) is 0 Å². The molecule has 0 saturated heterocycles. The van der Waals surface area contributed by atoms with E-state index in [1.807, 2.05) is 0 Å². The Labute approximate surface area is 196 Å². The molecule has 33 heavy (non-hydrogen) atoms. The van der Waals surface area contributed by atoms with E-state index in [0.29, 0.717) is 6.42 Å². The second kappa shape index (κ2) is 15.4. The molecule has 0 heterocycles. The maximum Gasteiger partial charge on any atom is 0.490 e. The normalized spacial score (nSPS) is 17.4. The first-order valence-electron chi connectivity index (χ1n) is 10.4. The Balaban J connectivity index is 4.38. The van der Waals surface area contributed by atoms with Gasteiger partial charge >= 0.3 is 23.5 Å². The zero-order valence-corrected chi connectivity index (χ0v) is 22.5. The molecule has 0 aromatic heterocycles. The first-order chi connectivity index (χ1) is 15.0. The molecule has 2 atom stereocenters. The van der Waals surface area contributed by atoms with Crippen LogP contribution < -0.4 is 0 Å². The highest BCUT2D eigenvalue weighted by molar-refractivity contribution is 7.66. The summed E-state index contributed by atoms with van der Waals surface area (Å²) in [4.78, 5) is 35.5. The number of phosphoric acid groups is 3. The molecular weight excluding hydrogens is 493 g/mol. The molecule has 192 valence electrons. The van der Waals surface area contributed by atoms with Gasteiger partial charge in [-0.3, -0.25) is 4.52 Å². The highest BCUT2D eigenvalue weighted by atomic mass is 31.3. The summed E-state index contributed by atoms with van der Waals surface area (Å²) >= 11 is 0. The van der Waals surface area contributed by atoms with Crippen LogP contribution in [0, 0.1) is 0 Å². The molecule has 4 N–H and O–H groups in total. The Bertz CT molecular complexity index is 879. The van der Waals surface area contributed by atoms with Crippen molar-refractivity contribution in [2.75, 3.05) is 6.61 Å². The van der Waals surface area contributed by atoms with Gasteiger partial charge in [-0.05, 0) is 73.1 Å². The van der Waals surface area contributed by atoms with Gasteiger partial charge in [0.2, 0.25) is 0 Å². The molecule has 0 spiro atoms. The standard InChI is InChI=1S/C20H37O10P3/c1-17(2)9-6-10-18(3)11-7-12-19(4)13-8-14-20(5)15-16-28-32(24,25)30-33(26,27)29-31(21,22)23/h9,11,13,15H,6-8,10,12,14,16H2,1-5H3,(H,24,25)(H,26,27)(H2,21,22,23). The van der Waals surface area contributed by atoms with Crippen molar-refractivity contribution in [2.24, 2.45) is 0 Å². The van der Waals surface area contributed by atoms with Crippen LogP contribution in [0.5, 0.6) is 0 Å². The van der Waals surface area contributed by atoms with Gasteiger partial charge in [-0.2, -0.15) is 8.62 Å². The van der Waals surface area contributed by atoms with E-state index >= 15 is 0 Å². The summed E-state index contributed by atoms with van der Waals surface area (Å²) < 4.78 is 45.3. The van der Waals surface area contributed by atoms with Crippen LogP contribution in [0.1, 0.15) is 73.1 Å². The Morgan fingerprint density at radius 1 is 0.636 bits per heavy atom. The summed E-state index contributed by atoms with van der Waals surface area (Å²) in [7, 11) is -16.0. The van der Waals surface area contributed by atoms with E-state index in [-0.39, 0.29) is 0 Å². The Hall–Kier alpha value is -0.630. The lowest BCUT2D eigenvalue weighted by molar-refractivity contribution is 0.182. The van der Waals surface area contributed by atoms with Crippen molar-refractivity contribution in [2.45, 2.75) is 73.1 Å². The summed E-state index contributed by atoms with van der Waals surface area (Å²) in [5.74, 6) is 0. The molecule has 0 aromatic rings. The predicted molar refractivity (Wildman–Crippen MR) is 128 cm³/mol. The van der Waals surface area contributed by atoms with Crippen molar-refractivity contribution in [3.63, 3.8) is 0 Å². The molecular formula is C20H37O10P3. The third-order valence-corrected chi connectivity index (χ3v) is 8.04. The highest BCUT2D eigenvalue weighted by Crippen LogP contribution is 2.66. The lowest BCUT2D eigenvalue weighted by atomic mass is 10.0. The number of hydrogen-bond donors (Lipinski definition) is 4. The Morgan fingerprint density at radius 2 is 1.06 bits per heavy atom. The van der Waals surface area contributed by atoms with Gasteiger partial charge in [-0.25, -0.2) is 13.7 Å². The fourth-order valence-electron chi connectivity index (χ4n) is 2.56. The molecule has 13 heteroatoms. The zero-order chi connectivity index (χ0) is 25.7. The predicted octanol–water partition coefficient (Wildman–Crippen LogP) is 6.48. The number of hydrogen-bond acceptors (Lipinski definition) is 6. The smallest absolute Gasteiger partial charge is 0.302 e.